The van der Waals surface area contributed by atoms with Gasteiger partial charge in [-0.25, -0.2) is 4.79 Å². The number of methoxy groups -OCH3 is 1. The Balaban J connectivity index is 2.46. The molecule has 0 aliphatic heterocycles. The molecule has 0 aromatic carbocycles. The minimum Gasteiger partial charge on any atom is -0.467 e. The molecule has 1 aliphatic carbocycles. The van der Waals surface area contributed by atoms with E-state index in [4.69, 9.17) is 0 Å². The lowest BCUT2D eigenvalue weighted by Crippen LogP contribution is -2.33. The molecule has 82 valence electrons. The number of esters is 1. The van der Waals surface area contributed by atoms with Crippen LogP contribution in [-0.2, 0) is 9.53 Å². The fraction of sp³-hybridized carbons (Fsp3) is 0.909. The normalized spacial score (nSPS) is 29.6. The summed E-state index contributed by atoms with van der Waals surface area (Å²) < 4.78 is 4.55. The molecule has 0 saturated heterocycles. The van der Waals surface area contributed by atoms with Crippen LogP contribution in [0.3, 0.4) is 0 Å². The van der Waals surface area contributed by atoms with Gasteiger partial charge < -0.3 is 9.84 Å². The highest BCUT2D eigenvalue weighted by atomic mass is 16.5. The van der Waals surface area contributed by atoms with Crippen LogP contribution in [0.4, 0.5) is 0 Å². The summed E-state index contributed by atoms with van der Waals surface area (Å²) in [5.41, 5.74) is 0. The molecule has 1 rings (SSSR count). The Labute approximate surface area is 85.5 Å². The number of aliphatic hydroxyl groups is 1. The largest absolute Gasteiger partial charge is 0.467 e. The highest BCUT2D eigenvalue weighted by molar-refractivity contribution is 5.74. The number of aliphatic hydroxyl groups excluding tert-OH is 1. The molecule has 1 fully saturated rings. The SMILES string of the molecule is CCC1CCCC(C(O)C(=O)OC)C1. The van der Waals surface area contributed by atoms with Crippen molar-refractivity contribution < 1.29 is 14.6 Å². The van der Waals surface area contributed by atoms with Crippen molar-refractivity contribution in [2.45, 2.75) is 45.1 Å². The third kappa shape index (κ3) is 2.71. The van der Waals surface area contributed by atoms with Crippen LogP contribution >= 0.6 is 0 Å². The highest BCUT2D eigenvalue weighted by Crippen LogP contribution is 2.33. The second-order valence-electron chi connectivity index (χ2n) is 4.17. The molecule has 0 aromatic rings. The zero-order valence-corrected chi connectivity index (χ0v) is 9.03. The zero-order chi connectivity index (χ0) is 10.6. The van der Waals surface area contributed by atoms with E-state index < -0.39 is 12.1 Å². The Bertz CT molecular complexity index is 191. The van der Waals surface area contributed by atoms with E-state index in [9.17, 15) is 9.90 Å². The van der Waals surface area contributed by atoms with Gasteiger partial charge in [0.1, 0.15) is 0 Å². The lowest BCUT2D eigenvalue weighted by molar-refractivity contribution is -0.154. The summed E-state index contributed by atoms with van der Waals surface area (Å²) in [5.74, 6) is 0.306. The first-order chi connectivity index (χ1) is 6.69. The molecule has 0 spiro atoms. The van der Waals surface area contributed by atoms with Gasteiger partial charge in [-0.2, -0.15) is 0 Å². The second kappa shape index (κ2) is 5.35. The molecule has 1 aliphatic rings. The molecular formula is C11H20O3. The molecule has 3 heteroatoms. The lowest BCUT2D eigenvalue weighted by Gasteiger charge is -2.30. The van der Waals surface area contributed by atoms with Crippen molar-refractivity contribution in [3.05, 3.63) is 0 Å². The van der Waals surface area contributed by atoms with Gasteiger partial charge in [-0.05, 0) is 24.7 Å². The molecule has 0 amide bonds. The molecule has 3 nitrogen and oxygen atoms in total. The maximum atomic E-state index is 11.1. The molecule has 0 radical (unpaired) electrons. The molecule has 0 bridgehead atoms. The summed E-state index contributed by atoms with van der Waals surface area (Å²) in [7, 11) is 1.33. The fourth-order valence-electron chi connectivity index (χ4n) is 2.30. The van der Waals surface area contributed by atoms with E-state index in [1.54, 1.807) is 0 Å². The second-order valence-corrected chi connectivity index (χ2v) is 4.17. The number of carbonyl (C=O) groups is 1. The van der Waals surface area contributed by atoms with E-state index in [0.717, 1.165) is 25.7 Å². The topological polar surface area (TPSA) is 46.5 Å². The maximum Gasteiger partial charge on any atom is 0.334 e. The Morgan fingerprint density at radius 1 is 1.57 bits per heavy atom. The van der Waals surface area contributed by atoms with Crippen LogP contribution in [0, 0.1) is 11.8 Å². The van der Waals surface area contributed by atoms with Crippen molar-refractivity contribution in [2.75, 3.05) is 7.11 Å². The van der Waals surface area contributed by atoms with Crippen molar-refractivity contribution in [2.24, 2.45) is 11.8 Å². The third-order valence-corrected chi connectivity index (χ3v) is 3.29. The number of ether oxygens (including phenoxy) is 1. The van der Waals surface area contributed by atoms with Crippen LogP contribution in [0.2, 0.25) is 0 Å². The molecule has 3 unspecified atom stereocenters. The van der Waals surface area contributed by atoms with Gasteiger partial charge in [-0.15, -0.1) is 0 Å². The number of hydrogen-bond donors (Lipinski definition) is 1. The van der Waals surface area contributed by atoms with Crippen LogP contribution in [0.1, 0.15) is 39.0 Å². The van der Waals surface area contributed by atoms with Crippen LogP contribution in [-0.4, -0.2) is 24.3 Å². The Hall–Kier alpha value is -0.570. The standard InChI is InChI=1S/C11H20O3/c1-3-8-5-4-6-9(7-8)10(12)11(13)14-2/h8-10,12H,3-7H2,1-2H3. The van der Waals surface area contributed by atoms with Crippen molar-refractivity contribution in [3.63, 3.8) is 0 Å². The summed E-state index contributed by atoms with van der Waals surface area (Å²) >= 11 is 0. The molecule has 1 N–H and O–H groups in total. The summed E-state index contributed by atoms with van der Waals surface area (Å²) in [6, 6.07) is 0. The molecule has 0 heterocycles. The molecular weight excluding hydrogens is 180 g/mol. The average Bonchev–Trinajstić information content (AvgIpc) is 2.27. The predicted molar refractivity (Wildman–Crippen MR) is 53.8 cm³/mol. The molecule has 3 atom stereocenters. The van der Waals surface area contributed by atoms with E-state index in [2.05, 4.69) is 11.7 Å². The van der Waals surface area contributed by atoms with Gasteiger partial charge in [0.2, 0.25) is 0 Å². The zero-order valence-electron chi connectivity index (χ0n) is 9.03. The summed E-state index contributed by atoms with van der Waals surface area (Å²) in [5, 5.41) is 9.68. The van der Waals surface area contributed by atoms with Gasteiger partial charge in [-0.3, -0.25) is 0 Å². The highest BCUT2D eigenvalue weighted by Gasteiger charge is 2.31. The molecule has 1 saturated carbocycles. The van der Waals surface area contributed by atoms with Crippen molar-refractivity contribution in [1.82, 2.24) is 0 Å². The summed E-state index contributed by atoms with van der Waals surface area (Å²) in [6.45, 7) is 2.16. The molecule has 0 aromatic heterocycles. The van der Waals surface area contributed by atoms with Crippen molar-refractivity contribution in [1.29, 1.82) is 0 Å². The van der Waals surface area contributed by atoms with E-state index in [0.29, 0.717) is 5.92 Å². The number of carbonyl (C=O) groups excluding carboxylic acids is 1. The monoisotopic (exact) mass is 200 g/mol. The van der Waals surface area contributed by atoms with Gasteiger partial charge in [0.05, 0.1) is 7.11 Å². The van der Waals surface area contributed by atoms with E-state index in [1.165, 1.54) is 13.5 Å². The first-order valence-corrected chi connectivity index (χ1v) is 5.45. The van der Waals surface area contributed by atoms with Gasteiger partial charge in [0.15, 0.2) is 6.10 Å². The van der Waals surface area contributed by atoms with Crippen molar-refractivity contribution >= 4 is 5.97 Å². The Morgan fingerprint density at radius 3 is 2.86 bits per heavy atom. The smallest absolute Gasteiger partial charge is 0.334 e. The predicted octanol–water partition coefficient (Wildman–Crippen LogP) is 1.74. The van der Waals surface area contributed by atoms with Gasteiger partial charge in [0.25, 0.3) is 0 Å². The van der Waals surface area contributed by atoms with Crippen LogP contribution in [0.25, 0.3) is 0 Å². The first kappa shape index (κ1) is 11.5. The van der Waals surface area contributed by atoms with Crippen LogP contribution in [0.5, 0.6) is 0 Å². The average molecular weight is 200 g/mol. The van der Waals surface area contributed by atoms with Crippen LogP contribution < -0.4 is 0 Å². The lowest BCUT2D eigenvalue weighted by atomic mass is 9.78. The fourth-order valence-corrected chi connectivity index (χ4v) is 2.30. The van der Waals surface area contributed by atoms with Gasteiger partial charge in [-0.1, -0.05) is 26.2 Å². The van der Waals surface area contributed by atoms with Gasteiger partial charge in [0, 0.05) is 0 Å². The minimum absolute atomic E-state index is 0.112. The van der Waals surface area contributed by atoms with Crippen molar-refractivity contribution in [3.8, 4) is 0 Å². The summed E-state index contributed by atoms with van der Waals surface area (Å²) in [6.07, 6.45) is 4.51. The van der Waals surface area contributed by atoms with E-state index in [-0.39, 0.29) is 5.92 Å². The maximum absolute atomic E-state index is 11.1. The number of hydrogen-bond acceptors (Lipinski definition) is 3. The Morgan fingerprint density at radius 2 is 2.29 bits per heavy atom. The summed E-state index contributed by atoms with van der Waals surface area (Å²) in [4.78, 5) is 11.1. The quantitative estimate of drug-likeness (QED) is 0.706. The molecule has 14 heavy (non-hydrogen) atoms. The van der Waals surface area contributed by atoms with Crippen LogP contribution in [0.15, 0.2) is 0 Å². The van der Waals surface area contributed by atoms with Gasteiger partial charge >= 0.3 is 5.97 Å². The number of rotatable bonds is 3. The Kier molecular flexibility index (Phi) is 4.39. The minimum atomic E-state index is -0.908. The van der Waals surface area contributed by atoms with E-state index in [1.807, 2.05) is 0 Å². The third-order valence-electron chi connectivity index (χ3n) is 3.29. The first-order valence-electron chi connectivity index (χ1n) is 5.45. The van der Waals surface area contributed by atoms with E-state index >= 15 is 0 Å².